The zero-order valence-corrected chi connectivity index (χ0v) is 14.9. The fourth-order valence-corrected chi connectivity index (χ4v) is 3.43. The summed E-state index contributed by atoms with van der Waals surface area (Å²) in [5.41, 5.74) is -0.673. The summed E-state index contributed by atoms with van der Waals surface area (Å²) in [5.74, 6) is -0.556. The molecule has 0 atom stereocenters. The Morgan fingerprint density at radius 2 is 2.12 bits per heavy atom. The molecule has 2 N–H and O–H groups in total. The predicted octanol–water partition coefficient (Wildman–Crippen LogP) is 2.62. The Labute approximate surface area is 151 Å². The molecular formula is C17H15N3O3S2. The normalized spacial score (nSPS) is 10.6. The second kappa shape index (κ2) is 7.54. The highest BCUT2D eigenvalue weighted by Crippen LogP contribution is 2.19. The summed E-state index contributed by atoms with van der Waals surface area (Å²) < 4.78 is 1.03. The van der Waals surface area contributed by atoms with E-state index < -0.39 is 17.2 Å². The van der Waals surface area contributed by atoms with E-state index in [1.807, 2.05) is 42.0 Å². The molecule has 0 aliphatic heterocycles. The van der Waals surface area contributed by atoms with Gasteiger partial charge in [0.25, 0.3) is 11.5 Å². The van der Waals surface area contributed by atoms with Gasteiger partial charge in [-0.2, -0.15) is 0 Å². The summed E-state index contributed by atoms with van der Waals surface area (Å²) in [6.07, 6.45) is 3.09. The number of rotatable bonds is 5. The summed E-state index contributed by atoms with van der Waals surface area (Å²) >= 11 is 2.99. The fraction of sp³-hybridized carbons (Fsp3) is 0.118. The van der Waals surface area contributed by atoms with E-state index in [0.717, 1.165) is 20.5 Å². The van der Waals surface area contributed by atoms with Crippen molar-refractivity contribution in [3.63, 3.8) is 0 Å². The Balaban J connectivity index is 1.90. The van der Waals surface area contributed by atoms with Crippen molar-refractivity contribution < 1.29 is 4.79 Å². The van der Waals surface area contributed by atoms with E-state index in [0.29, 0.717) is 5.69 Å². The van der Waals surface area contributed by atoms with Crippen molar-refractivity contribution in [3.8, 4) is 0 Å². The largest absolute Gasteiger partial charge is 0.328 e. The van der Waals surface area contributed by atoms with E-state index >= 15 is 0 Å². The number of nitrogens with zero attached hydrogens (tertiary/aromatic N) is 1. The molecule has 3 rings (SSSR count). The van der Waals surface area contributed by atoms with Crippen LogP contribution >= 0.6 is 23.1 Å². The second-order valence-electron chi connectivity index (χ2n) is 5.16. The minimum absolute atomic E-state index is 0.106. The third kappa shape index (κ3) is 3.92. The SMILES string of the molecule is CSc1cccc(NC(=O)c2c[nH]c(=O)n(Cc3cccs3)c2=O)c1. The summed E-state index contributed by atoms with van der Waals surface area (Å²) in [5, 5.41) is 4.56. The maximum atomic E-state index is 12.6. The number of carbonyl (C=O) groups excluding carboxylic acids is 1. The molecular weight excluding hydrogens is 358 g/mol. The average Bonchev–Trinajstić information content (AvgIpc) is 3.12. The highest BCUT2D eigenvalue weighted by Gasteiger charge is 2.15. The van der Waals surface area contributed by atoms with Crippen LogP contribution in [0.25, 0.3) is 0 Å². The molecule has 0 spiro atoms. The number of aromatic amines is 1. The Morgan fingerprint density at radius 1 is 1.28 bits per heavy atom. The van der Waals surface area contributed by atoms with Gasteiger partial charge in [-0.25, -0.2) is 4.79 Å². The van der Waals surface area contributed by atoms with Crippen LogP contribution in [-0.2, 0) is 6.54 Å². The van der Waals surface area contributed by atoms with Crippen LogP contribution in [-0.4, -0.2) is 21.7 Å². The molecule has 3 aromatic rings. The molecule has 0 aliphatic carbocycles. The van der Waals surface area contributed by atoms with E-state index in [9.17, 15) is 14.4 Å². The van der Waals surface area contributed by atoms with E-state index in [4.69, 9.17) is 0 Å². The highest BCUT2D eigenvalue weighted by molar-refractivity contribution is 7.98. The molecule has 0 aliphatic rings. The van der Waals surface area contributed by atoms with Crippen LogP contribution in [0.4, 0.5) is 5.69 Å². The van der Waals surface area contributed by atoms with Crippen LogP contribution in [0.2, 0.25) is 0 Å². The molecule has 6 nitrogen and oxygen atoms in total. The molecule has 8 heteroatoms. The smallest absolute Gasteiger partial charge is 0.322 e. The van der Waals surface area contributed by atoms with Crippen molar-refractivity contribution in [1.82, 2.24) is 9.55 Å². The number of thioether (sulfide) groups is 1. The Kier molecular flexibility index (Phi) is 5.20. The van der Waals surface area contributed by atoms with Crippen LogP contribution in [0.3, 0.4) is 0 Å². The lowest BCUT2D eigenvalue weighted by Crippen LogP contribution is -2.39. The molecule has 1 aromatic carbocycles. The van der Waals surface area contributed by atoms with Crippen LogP contribution in [0.5, 0.6) is 0 Å². The van der Waals surface area contributed by atoms with Crippen molar-refractivity contribution in [3.05, 3.63) is 79.3 Å². The average molecular weight is 373 g/mol. The van der Waals surface area contributed by atoms with Gasteiger partial charge in [0.2, 0.25) is 0 Å². The van der Waals surface area contributed by atoms with Gasteiger partial charge >= 0.3 is 5.69 Å². The number of hydrogen-bond donors (Lipinski definition) is 2. The van der Waals surface area contributed by atoms with Gasteiger partial charge in [-0.05, 0) is 35.9 Å². The molecule has 0 fully saturated rings. The number of amides is 1. The zero-order valence-electron chi connectivity index (χ0n) is 13.3. The van der Waals surface area contributed by atoms with Crippen LogP contribution in [0.1, 0.15) is 15.2 Å². The number of H-pyrrole nitrogens is 1. The molecule has 0 saturated heterocycles. The Bertz CT molecular complexity index is 1010. The van der Waals surface area contributed by atoms with Gasteiger partial charge in [0.15, 0.2) is 0 Å². The lowest BCUT2D eigenvalue weighted by atomic mass is 10.2. The van der Waals surface area contributed by atoms with Gasteiger partial charge in [0, 0.05) is 21.7 Å². The van der Waals surface area contributed by atoms with Gasteiger partial charge < -0.3 is 10.3 Å². The summed E-state index contributed by atoms with van der Waals surface area (Å²) in [7, 11) is 0. The highest BCUT2D eigenvalue weighted by atomic mass is 32.2. The summed E-state index contributed by atoms with van der Waals surface area (Å²) in [6.45, 7) is 0.134. The fourth-order valence-electron chi connectivity index (χ4n) is 2.28. The molecule has 128 valence electrons. The molecule has 25 heavy (non-hydrogen) atoms. The van der Waals surface area contributed by atoms with Gasteiger partial charge in [0.1, 0.15) is 5.56 Å². The summed E-state index contributed by atoms with van der Waals surface area (Å²) in [6, 6.07) is 11.0. The standard InChI is InChI=1S/C17H15N3O3S2/c1-24-12-5-2-4-11(8-12)19-15(21)14-9-18-17(23)20(16(14)22)10-13-6-3-7-25-13/h2-9H,10H2,1H3,(H,18,23)(H,19,21). The van der Waals surface area contributed by atoms with Crippen molar-refractivity contribution in [2.75, 3.05) is 11.6 Å². The zero-order chi connectivity index (χ0) is 17.8. The number of hydrogen-bond acceptors (Lipinski definition) is 5. The van der Waals surface area contributed by atoms with Gasteiger partial charge in [-0.15, -0.1) is 23.1 Å². The Morgan fingerprint density at radius 3 is 2.84 bits per heavy atom. The maximum absolute atomic E-state index is 12.6. The topological polar surface area (TPSA) is 84.0 Å². The van der Waals surface area contributed by atoms with E-state index in [1.54, 1.807) is 17.8 Å². The minimum atomic E-state index is -0.615. The number of nitrogens with one attached hydrogen (secondary N) is 2. The monoisotopic (exact) mass is 373 g/mol. The molecule has 2 aromatic heterocycles. The first-order valence-corrected chi connectivity index (χ1v) is 9.49. The van der Waals surface area contributed by atoms with Crippen LogP contribution in [0, 0.1) is 0 Å². The lowest BCUT2D eigenvalue weighted by molar-refractivity contribution is 0.102. The van der Waals surface area contributed by atoms with Gasteiger partial charge in [0.05, 0.1) is 6.54 Å². The van der Waals surface area contributed by atoms with Gasteiger partial charge in [-0.1, -0.05) is 12.1 Å². The number of thiophene rings is 1. The maximum Gasteiger partial charge on any atom is 0.328 e. The van der Waals surface area contributed by atoms with Crippen molar-refractivity contribution in [1.29, 1.82) is 0 Å². The Hall–Kier alpha value is -2.58. The van der Waals surface area contributed by atoms with Crippen molar-refractivity contribution >= 4 is 34.7 Å². The molecule has 2 heterocycles. The van der Waals surface area contributed by atoms with Crippen molar-refractivity contribution in [2.24, 2.45) is 0 Å². The predicted molar refractivity (Wildman–Crippen MR) is 101 cm³/mol. The molecule has 1 amide bonds. The third-order valence-corrected chi connectivity index (χ3v) is 5.11. The van der Waals surface area contributed by atoms with Crippen molar-refractivity contribution in [2.45, 2.75) is 11.4 Å². The summed E-state index contributed by atoms with van der Waals surface area (Å²) in [4.78, 5) is 41.3. The lowest BCUT2D eigenvalue weighted by Gasteiger charge is -2.08. The quantitative estimate of drug-likeness (QED) is 0.674. The minimum Gasteiger partial charge on any atom is -0.322 e. The third-order valence-electron chi connectivity index (χ3n) is 3.53. The molecule has 0 unspecified atom stereocenters. The van der Waals surface area contributed by atoms with Gasteiger partial charge in [-0.3, -0.25) is 14.2 Å². The first kappa shape index (κ1) is 17.2. The molecule has 0 radical (unpaired) electrons. The molecule has 0 saturated carbocycles. The second-order valence-corrected chi connectivity index (χ2v) is 7.08. The first-order chi connectivity index (χ1) is 12.1. The number of anilines is 1. The number of benzene rings is 1. The number of aromatic nitrogens is 2. The molecule has 0 bridgehead atoms. The van der Waals surface area contributed by atoms with E-state index in [2.05, 4.69) is 10.3 Å². The first-order valence-electron chi connectivity index (χ1n) is 7.39. The number of carbonyl (C=O) groups is 1. The van der Waals surface area contributed by atoms with E-state index in [1.165, 1.54) is 11.3 Å². The van der Waals surface area contributed by atoms with Crippen LogP contribution < -0.4 is 16.6 Å². The van der Waals surface area contributed by atoms with E-state index in [-0.39, 0.29) is 12.1 Å². The van der Waals surface area contributed by atoms with Crippen LogP contribution in [0.15, 0.2) is 62.5 Å².